The first-order chi connectivity index (χ1) is 10.4. The standard InChI is InChI=1S/C16H24B2O4/c1-15(2)9-20-18(21-10-15)13-7-5-12(6-8-13)14-16(3,4)11-19-17-22-14/h5-8,14,17H,9-11H2,1-4H3. The van der Waals surface area contributed by atoms with Gasteiger partial charge in [-0.3, -0.25) is 0 Å². The van der Waals surface area contributed by atoms with Crippen LogP contribution in [0, 0.1) is 10.8 Å². The molecule has 22 heavy (non-hydrogen) atoms. The Morgan fingerprint density at radius 2 is 1.64 bits per heavy atom. The maximum atomic E-state index is 5.83. The Labute approximate surface area is 133 Å². The molecule has 2 aliphatic heterocycles. The van der Waals surface area contributed by atoms with Gasteiger partial charge in [0.15, 0.2) is 0 Å². The van der Waals surface area contributed by atoms with Crippen molar-refractivity contribution in [2.24, 2.45) is 10.8 Å². The van der Waals surface area contributed by atoms with Gasteiger partial charge in [-0.15, -0.1) is 0 Å². The highest BCUT2D eigenvalue weighted by atomic mass is 16.6. The van der Waals surface area contributed by atoms with Crippen LogP contribution in [0.2, 0.25) is 0 Å². The zero-order valence-corrected chi connectivity index (χ0v) is 13.9. The van der Waals surface area contributed by atoms with Crippen LogP contribution in [-0.2, 0) is 18.6 Å². The van der Waals surface area contributed by atoms with Crippen LogP contribution in [0.1, 0.15) is 39.4 Å². The Hall–Kier alpha value is -0.810. The second-order valence-corrected chi connectivity index (χ2v) is 7.79. The van der Waals surface area contributed by atoms with E-state index in [0.717, 1.165) is 18.7 Å². The first-order valence-electron chi connectivity index (χ1n) is 7.90. The normalized spacial score (nSPS) is 27.3. The van der Waals surface area contributed by atoms with E-state index in [9.17, 15) is 0 Å². The summed E-state index contributed by atoms with van der Waals surface area (Å²) in [5, 5.41) is 0. The molecule has 0 spiro atoms. The molecule has 0 N–H and O–H groups in total. The van der Waals surface area contributed by atoms with Crippen LogP contribution in [0.3, 0.4) is 0 Å². The lowest BCUT2D eigenvalue weighted by molar-refractivity contribution is -0.0276. The molecule has 118 valence electrons. The summed E-state index contributed by atoms with van der Waals surface area (Å²) >= 11 is 0. The van der Waals surface area contributed by atoms with Crippen LogP contribution in [0.25, 0.3) is 0 Å². The maximum absolute atomic E-state index is 5.83. The van der Waals surface area contributed by atoms with Crippen molar-refractivity contribution in [3.05, 3.63) is 29.8 Å². The van der Waals surface area contributed by atoms with Gasteiger partial charge in [0.25, 0.3) is 0 Å². The molecule has 0 amide bonds. The summed E-state index contributed by atoms with van der Waals surface area (Å²) in [5.74, 6) is 0. The third-order valence-electron chi connectivity index (χ3n) is 4.26. The molecule has 0 radical (unpaired) electrons. The predicted molar refractivity (Wildman–Crippen MR) is 88.2 cm³/mol. The van der Waals surface area contributed by atoms with E-state index in [-0.39, 0.29) is 24.1 Å². The SMILES string of the molecule is CC1(C)COB(c2ccc(C3OBOCC3(C)C)cc2)OC1. The van der Waals surface area contributed by atoms with Crippen LogP contribution in [0.15, 0.2) is 24.3 Å². The lowest BCUT2D eigenvalue weighted by Crippen LogP contribution is -2.47. The average Bonchev–Trinajstić information content (AvgIpc) is 2.47. The van der Waals surface area contributed by atoms with Crippen LogP contribution >= 0.6 is 0 Å². The van der Waals surface area contributed by atoms with Gasteiger partial charge in [0.2, 0.25) is 0 Å². The van der Waals surface area contributed by atoms with Crippen molar-refractivity contribution in [2.45, 2.75) is 33.8 Å². The summed E-state index contributed by atoms with van der Waals surface area (Å²) in [4.78, 5) is 0. The van der Waals surface area contributed by atoms with Crippen molar-refractivity contribution in [3.63, 3.8) is 0 Å². The average molecular weight is 302 g/mol. The molecule has 2 aliphatic rings. The Morgan fingerprint density at radius 3 is 2.23 bits per heavy atom. The molecule has 1 atom stereocenters. The Bertz CT molecular complexity index is 505. The maximum Gasteiger partial charge on any atom is 0.493 e. The third kappa shape index (κ3) is 3.40. The number of hydrogen-bond donors (Lipinski definition) is 0. The van der Waals surface area contributed by atoms with E-state index in [2.05, 4.69) is 52.0 Å². The molecule has 4 nitrogen and oxygen atoms in total. The number of hydrogen-bond acceptors (Lipinski definition) is 4. The molecule has 0 aliphatic carbocycles. The van der Waals surface area contributed by atoms with Crippen molar-refractivity contribution in [1.82, 2.24) is 0 Å². The monoisotopic (exact) mass is 302 g/mol. The zero-order chi connectivity index (χ0) is 15.8. The highest BCUT2D eigenvalue weighted by Crippen LogP contribution is 2.38. The minimum absolute atomic E-state index is 0.0262. The first-order valence-corrected chi connectivity index (χ1v) is 7.90. The summed E-state index contributed by atoms with van der Waals surface area (Å²) in [6.07, 6.45) is 0.0578. The molecule has 0 saturated carbocycles. The molecule has 2 saturated heterocycles. The van der Waals surface area contributed by atoms with Gasteiger partial charge >= 0.3 is 14.8 Å². The first kappa shape index (κ1) is 16.1. The van der Waals surface area contributed by atoms with Crippen molar-refractivity contribution < 1.29 is 18.6 Å². The van der Waals surface area contributed by atoms with Gasteiger partial charge in [0, 0.05) is 30.7 Å². The summed E-state index contributed by atoms with van der Waals surface area (Å²) in [6, 6.07) is 8.37. The summed E-state index contributed by atoms with van der Waals surface area (Å²) in [6.45, 7) is 10.8. The summed E-state index contributed by atoms with van der Waals surface area (Å²) < 4.78 is 22.9. The largest absolute Gasteiger partial charge is 0.493 e. The Kier molecular flexibility index (Phi) is 4.38. The molecule has 1 aromatic carbocycles. The molecule has 6 heteroatoms. The quantitative estimate of drug-likeness (QED) is 0.781. The van der Waals surface area contributed by atoms with Crippen LogP contribution in [-0.4, -0.2) is 34.6 Å². The van der Waals surface area contributed by atoms with Crippen LogP contribution < -0.4 is 5.46 Å². The predicted octanol–water partition coefficient (Wildman–Crippen LogP) is 1.84. The van der Waals surface area contributed by atoms with Gasteiger partial charge in [-0.25, -0.2) is 0 Å². The fourth-order valence-corrected chi connectivity index (χ4v) is 2.98. The van der Waals surface area contributed by atoms with E-state index in [1.807, 2.05) is 0 Å². The minimum atomic E-state index is -0.259. The van der Waals surface area contributed by atoms with Gasteiger partial charge < -0.3 is 18.6 Å². The molecule has 2 heterocycles. The van der Waals surface area contributed by atoms with Crippen molar-refractivity contribution in [1.29, 1.82) is 0 Å². The topological polar surface area (TPSA) is 36.9 Å². The minimum Gasteiger partial charge on any atom is -0.413 e. The second-order valence-electron chi connectivity index (χ2n) is 7.79. The fourth-order valence-electron chi connectivity index (χ4n) is 2.98. The molecule has 0 bridgehead atoms. The van der Waals surface area contributed by atoms with Crippen LogP contribution in [0.5, 0.6) is 0 Å². The fraction of sp³-hybridized carbons (Fsp3) is 0.625. The molecule has 1 unspecified atom stereocenters. The molecule has 0 aromatic heterocycles. The van der Waals surface area contributed by atoms with E-state index in [1.165, 1.54) is 5.56 Å². The Morgan fingerprint density at radius 1 is 1.00 bits per heavy atom. The van der Waals surface area contributed by atoms with E-state index in [0.29, 0.717) is 14.3 Å². The molecule has 1 aromatic rings. The zero-order valence-electron chi connectivity index (χ0n) is 13.9. The van der Waals surface area contributed by atoms with Crippen molar-refractivity contribution >= 4 is 20.3 Å². The van der Waals surface area contributed by atoms with Crippen molar-refractivity contribution in [2.75, 3.05) is 19.8 Å². The van der Waals surface area contributed by atoms with Gasteiger partial charge in [-0.05, 0) is 11.0 Å². The van der Waals surface area contributed by atoms with Gasteiger partial charge in [0.05, 0.1) is 6.10 Å². The van der Waals surface area contributed by atoms with Gasteiger partial charge in [0.1, 0.15) is 0 Å². The highest BCUT2D eigenvalue weighted by molar-refractivity contribution is 6.61. The number of rotatable bonds is 2. The molecular weight excluding hydrogens is 278 g/mol. The lowest BCUT2D eigenvalue weighted by Gasteiger charge is -2.38. The Balaban J connectivity index is 1.70. The third-order valence-corrected chi connectivity index (χ3v) is 4.26. The second kappa shape index (κ2) is 6.00. The van der Waals surface area contributed by atoms with Gasteiger partial charge in [-0.1, -0.05) is 52.0 Å². The number of benzene rings is 1. The molecule has 3 rings (SSSR count). The van der Waals surface area contributed by atoms with E-state index >= 15 is 0 Å². The summed E-state index contributed by atoms with van der Waals surface area (Å²) in [5.41, 5.74) is 2.30. The van der Waals surface area contributed by atoms with E-state index < -0.39 is 0 Å². The van der Waals surface area contributed by atoms with E-state index in [1.54, 1.807) is 0 Å². The van der Waals surface area contributed by atoms with Crippen molar-refractivity contribution in [3.8, 4) is 0 Å². The van der Waals surface area contributed by atoms with E-state index in [4.69, 9.17) is 18.6 Å². The molecular formula is C16H24B2O4. The summed E-state index contributed by atoms with van der Waals surface area (Å²) in [7, 11) is 0.102. The smallest absolute Gasteiger partial charge is 0.413 e. The van der Waals surface area contributed by atoms with Gasteiger partial charge in [-0.2, -0.15) is 0 Å². The van der Waals surface area contributed by atoms with Crippen LogP contribution in [0.4, 0.5) is 0 Å². The molecule has 2 fully saturated rings. The highest BCUT2D eigenvalue weighted by Gasteiger charge is 2.36. The lowest BCUT2D eigenvalue weighted by atomic mass is 9.74.